The fourth-order valence-corrected chi connectivity index (χ4v) is 4.88. The Morgan fingerprint density at radius 1 is 0.853 bits per heavy atom. The Labute approximate surface area is 200 Å². The standard InChI is InChI=1S/C28H31N5O/c1-21(34)32-15-8-16-33(18-17-32)28-25-13-5-6-14-26(25)29-27(30-28)20-31(2)19-23-11-7-10-22-9-3-4-12-24(22)23/h3-7,9-14H,8,15-20H2,1-2H3. The Balaban J connectivity index is 1.41. The third kappa shape index (κ3) is 4.73. The van der Waals surface area contributed by atoms with Crippen molar-refractivity contribution in [1.29, 1.82) is 0 Å². The van der Waals surface area contributed by atoms with Crippen LogP contribution < -0.4 is 4.90 Å². The van der Waals surface area contributed by atoms with Crippen LogP contribution in [0.5, 0.6) is 0 Å². The van der Waals surface area contributed by atoms with Crippen molar-refractivity contribution in [3.05, 3.63) is 78.1 Å². The van der Waals surface area contributed by atoms with Gasteiger partial charge in [-0.25, -0.2) is 9.97 Å². The Morgan fingerprint density at radius 3 is 2.47 bits per heavy atom. The first-order valence-electron chi connectivity index (χ1n) is 12.0. The second-order valence-electron chi connectivity index (χ2n) is 9.14. The smallest absolute Gasteiger partial charge is 0.219 e. The lowest BCUT2D eigenvalue weighted by molar-refractivity contribution is -0.128. The minimum absolute atomic E-state index is 0.144. The summed E-state index contributed by atoms with van der Waals surface area (Å²) >= 11 is 0. The maximum absolute atomic E-state index is 11.9. The Bertz CT molecular complexity index is 1320. The van der Waals surface area contributed by atoms with Gasteiger partial charge in [0, 0.05) is 45.0 Å². The second-order valence-corrected chi connectivity index (χ2v) is 9.14. The van der Waals surface area contributed by atoms with Gasteiger partial charge in [-0.2, -0.15) is 0 Å². The first-order valence-corrected chi connectivity index (χ1v) is 12.0. The van der Waals surface area contributed by atoms with Crippen molar-refractivity contribution in [3.63, 3.8) is 0 Å². The molecule has 0 spiro atoms. The van der Waals surface area contributed by atoms with E-state index in [1.54, 1.807) is 6.92 Å². The van der Waals surface area contributed by atoms with E-state index in [0.29, 0.717) is 6.54 Å². The van der Waals surface area contributed by atoms with Gasteiger partial charge in [0.15, 0.2) is 0 Å². The van der Waals surface area contributed by atoms with Gasteiger partial charge >= 0.3 is 0 Å². The summed E-state index contributed by atoms with van der Waals surface area (Å²) in [6, 6.07) is 23.2. The Morgan fingerprint density at radius 2 is 1.62 bits per heavy atom. The molecule has 1 saturated heterocycles. The SMILES string of the molecule is CC(=O)N1CCCN(c2nc(CN(C)Cc3cccc4ccccc34)nc3ccccc23)CC1. The molecular formula is C28H31N5O. The minimum atomic E-state index is 0.144. The number of fused-ring (bicyclic) bond motifs is 2. The van der Waals surface area contributed by atoms with E-state index in [4.69, 9.17) is 9.97 Å². The van der Waals surface area contributed by atoms with Crippen LogP contribution in [-0.4, -0.2) is 58.9 Å². The number of anilines is 1. The molecule has 1 fully saturated rings. The molecule has 0 N–H and O–H groups in total. The summed E-state index contributed by atoms with van der Waals surface area (Å²) in [6.07, 6.45) is 0.939. The zero-order valence-corrected chi connectivity index (χ0v) is 19.9. The lowest BCUT2D eigenvalue weighted by atomic mass is 10.0. The van der Waals surface area contributed by atoms with Gasteiger partial charge in [0.2, 0.25) is 5.91 Å². The normalized spacial score (nSPS) is 14.7. The molecular weight excluding hydrogens is 422 g/mol. The molecule has 1 aliphatic heterocycles. The predicted octanol–water partition coefficient (Wildman–Crippen LogP) is 4.47. The average molecular weight is 454 g/mol. The molecule has 6 heteroatoms. The van der Waals surface area contributed by atoms with Crippen molar-refractivity contribution in [3.8, 4) is 0 Å². The second kappa shape index (κ2) is 9.77. The summed E-state index contributed by atoms with van der Waals surface area (Å²) in [5.74, 6) is 1.94. The van der Waals surface area contributed by atoms with Crippen molar-refractivity contribution in [2.24, 2.45) is 0 Å². The molecule has 0 aliphatic carbocycles. The van der Waals surface area contributed by atoms with Crippen molar-refractivity contribution in [2.45, 2.75) is 26.4 Å². The van der Waals surface area contributed by atoms with E-state index in [2.05, 4.69) is 71.4 Å². The number of hydrogen-bond donors (Lipinski definition) is 0. The van der Waals surface area contributed by atoms with E-state index in [1.807, 2.05) is 17.0 Å². The van der Waals surface area contributed by atoms with Crippen LogP contribution in [0.25, 0.3) is 21.7 Å². The molecule has 1 amide bonds. The van der Waals surface area contributed by atoms with Crippen LogP contribution in [-0.2, 0) is 17.9 Å². The van der Waals surface area contributed by atoms with E-state index in [9.17, 15) is 4.79 Å². The highest BCUT2D eigenvalue weighted by Crippen LogP contribution is 2.26. The van der Waals surface area contributed by atoms with E-state index in [0.717, 1.165) is 61.7 Å². The van der Waals surface area contributed by atoms with Gasteiger partial charge in [-0.15, -0.1) is 0 Å². The molecule has 0 bridgehead atoms. The van der Waals surface area contributed by atoms with Crippen molar-refractivity contribution >= 4 is 33.4 Å². The van der Waals surface area contributed by atoms with Gasteiger partial charge in [0.05, 0.1) is 12.1 Å². The van der Waals surface area contributed by atoms with Gasteiger partial charge in [-0.1, -0.05) is 54.6 Å². The molecule has 0 unspecified atom stereocenters. The lowest BCUT2D eigenvalue weighted by Crippen LogP contribution is -2.34. The summed E-state index contributed by atoms with van der Waals surface area (Å²) in [7, 11) is 2.12. The lowest BCUT2D eigenvalue weighted by Gasteiger charge is -2.25. The van der Waals surface area contributed by atoms with Crippen LogP contribution >= 0.6 is 0 Å². The summed E-state index contributed by atoms with van der Waals surface area (Å²) in [5.41, 5.74) is 2.27. The largest absolute Gasteiger partial charge is 0.354 e. The van der Waals surface area contributed by atoms with Crippen LogP contribution in [0.4, 0.5) is 5.82 Å². The molecule has 6 nitrogen and oxygen atoms in total. The Hall–Kier alpha value is -3.51. The van der Waals surface area contributed by atoms with Crippen LogP contribution in [0, 0.1) is 0 Å². The predicted molar refractivity (Wildman–Crippen MR) is 138 cm³/mol. The van der Waals surface area contributed by atoms with Crippen LogP contribution in [0.3, 0.4) is 0 Å². The highest BCUT2D eigenvalue weighted by atomic mass is 16.2. The van der Waals surface area contributed by atoms with Gasteiger partial charge < -0.3 is 9.80 Å². The molecule has 1 aliphatic rings. The van der Waals surface area contributed by atoms with E-state index in [1.165, 1.54) is 16.3 Å². The average Bonchev–Trinajstić information content (AvgIpc) is 3.10. The molecule has 174 valence electrons. The first-order chi connectivity index (χ1) is 16.6. The first kappa shape index (κ1) is 22.3. The number of carbonyl (C=O) groups is 1. The summed E-state index contributed by atoms with van der Waals surface area (Å²) in [4.78, 5) is 28.4. The third-order valence-corrected chi connectivity index (χ3v) is 6.60. The zero-order valence-electron chi connectivity index (χ0n) is 19.9. The van der Waals surface area contributed by atoms with E-state index in [-0.39, 0.29) is 5.91 Å². The number of benzene rings is 3. The van der Waals surface area contributed by atoms with Gasteiger partial charge in [-0.3, -0.25) is 9.69 Å². The number of amides is 1. The van der Waals surface area contributed by atoms with Crippen LogP contribution in [0.15, 0.2) is 66.7 Å². The summed E-state index contributed by atoms with van der Waals surface area (Å²) in [5, 5.41) is 3.62. The minimum Gasteiger partial charge on any atom is -0.354 e. The number of aromatic nitrogens is 2. The quantitative estimate of drug-likeness (QED) is 0.446. The van der Waals surface area contributed by atoms with Crippen LogP contribution in [0.1, 0.15) is 24.7 Å². The number of hydrogen-bond acceptors (Lipinski definition) is 5. The van der Waals surface area contributed by atoms with Crippen molar-refractivity contribution < 1.29 is 4.79 Å². The summed E-state index contributed by atoms with van der Waals surface area (Å²) < 4.78 is 0. The van der Waals surface area contributed by atoms with Crippen LogP contribution in [0.2, 0.25) is 0 Å². The zero-order chi connectivity index (χ0) is 23.5. The monoisotopic (exact) mass is 453 g/mol. The fourth-order valence-electron chi connectivity index (χ4n) is 4.88. The van der Waals surface area contributed by atoms with Gasteiger partial charge in [-0.05, 0) is 41.9 Å². The molecule has 0 radical (unpaired) electrons. The molecule has 0 saturated carbocycles. The van der Waals surface area contributed by atoms with Crippen molar-refractivity contribution in [1.82, 2.24) is 19.8 Å². The van der Waals surface area contributed by atoms with E-state index >= 15 is 0 Å². The third-order valence-electron chi connectivity index (χ3n) is 6.60. The number of para-hydroxylation sites is 1. The molecule has 4 aromatic rings. The summed E-state index contributed by atoms with van der Waals surface area (Å²) in [6.45, 7) is 6.33. The topological polar surface area (TPSA) is 52.6 Å². The molecule has 2 heterocycles. The maximum Gasteiger partial charge on any atom is 0.219 e. The molecule has 34 heavy (non-hydrogen) atoms. The molecule has 1 aromatic heterocycles. The van der Waals surface area contributed by atoms with E-state index < -0.39 is 0 Å². The Kier molecular flexibility index (Phi) is 6.41. The molecule has 3 aromatic carbocycles. The van der Waals surface area contributed by atoms with Gasteiger partial charge in [0.1, 0.15) is 11.6 Å². The maximum atomic E-state index is 11.9. The number of rotatable bonds is 5. The molecule has 0 atom stereocenters. The number of nitrogens with zero attached hydrogens (tertiary/aromatic N) is 5. The fraction of sp³-hybridized carbons (Fsp3) is 0.321. The molecule has 5 rings (SSSR count). The number of carbonyl (C=O) groups excluding carboxylic acids is 1. The highest BCUT2D eigenvalue weighted by molar-refractivity contribution is 5.89. The van der Waals surface area contributed by atoms with Crippen molar-refractivity contribution in [2.75, 3.05) is 38.1 Å². The van der Waals surface area contributed by atoms with Gasteiger partial charge in [0.25, 0.3) is 0 Å². The highest BCUT2D eigenvalue weighted by Gasteiger charge is 2.20.